The predicted molar refractivity (Wildman–Crippen MR) is 84.1 cm³/mol. The van der Waals surface area contributed by atoms with Gasteiger partial charge in [-0.15, -0.1) is 0 Å². The molecule has 1 amide bonds. The molecule has 5 heteroatoms. The Morgan fingerprint density at radius 1 is 1.48 bits per heavy atom. The Morgan fingerprint density at radius 3 is 2.76 bits per heavy atom. The van der Waals surface area contributed by atoms with Gasteiger partial charge in [-0.05, 0) is 46.5 Å². The molecule has 0 radical (unpaired) electrons. The second kappa shape index (κ2) is 6.79. The van der Waals surface area contributed by atoms with E-state index in [1.807, 2.05) is 20.8 Å². The third-order valence-electron chi connectivity index (χ3n) is 4.05. The number of amides is 1. The van der Waals surface area contributed by atoms with Crippen molar-refractivity contribution in [3.05, 3.63) is 11.6 Å². The van der Waals surface area contributed by atoms with Crippen LogP contribution in [-0.2, 0) is 4.74 Å². The van der Waals surface area contributed by atoms with Crippen molar-refractivity contribution in [3.63, 3.8) is 0 Å². The summed E-state index contributed by atoms with van der Waals surface area (Å²) in [5.74, 6) is 0. The van der Waals surface area contributed by atoms with Gasteiger partial charge in [-0.1, -0.05) is 11.6 Å². The standard InChI is InChI=1S/C16H29N3O2/c1-16(2,3)21-15(20)19-8-6-12(7-9-19)11-18-14-5-4-13(17)10-14/h6,13-14,18H,4-5,7-11,17H2,1-3H3. The lowest BCUT2D eigenvalue weighted by atomic mass is 10.1. The van der Waals surface area contributed by atoms with Crippen molar-refractivity contribution in [1.82, 2.24) is 10.2 Å². The van der Waals surface area contributed by atoms with Crippen LogP contribution in [-0.4, -0.2) is 48.3 Å². The lowest BCUT2D eigenvalue weighted by molar-refractivity contribution is 0.0265. The third-order valence-corrected chi connectivity index (χ3v) is 4.05. The molecule has 1 aliphatic heterocycles. The molecule has 1 aliphatic carbocycles. The van der Waals surface area contributed by atoms with Gasteiger partial charge in [0.1, 0.15) is 5.60 Å². The predicted octanol–water partition coefficient (Wildman–Crippen LogP) is 2.02. The van der Waals surface area contributed by atoms with Crippen molar-refractivity contribution in [1.29, 1.82) is 0 Å². The van der Waals surface area contributed by atoms with E-state index in [0.717, 1.165) is 32.4 Å². The van der Waals surface area contributed by atoms with Crippen LogP contribution in [0.25, 0.3) is 0 Å². The monoisotopic (exact) mass is 295 g/mol. The number of nitrogens with one attached hydrogen (secondary N) is 1. The quantitative estimate of drug-likeness (QED) is 0.782. The van der Waals surface area contributed by atoms with Crippen molar-refractivity contribution in [2.24, 2.45) is 5.73 Å². The molecule has 0 aromatic heterocycles. The van der Waals surface area contributed by atoms with E-state index < -0.39 is 5.60 Å². The molecule has 21 heavy (non-hydrogen) atoms. The lowest BCUT2D eigenvalue weighted by Gasteiger charge is -2.30. The molecule has 0 aromatic rings. The van der Waals surface area contributed by atoms with Crippen molar-refractivity contribution in [2.75, 3.05) is 19.6 Å². The normalized spacial score (nSPS) is 26.7. The van der Waals surface area contributed by atoms with E-state index in [0.29, 0.717) is 18.6 Å². The Morgan fingerprint density at radius 2 is 2.24 bits per heavy atom. The lowest BCUT2D eigenvalue weighted by Crippen LogP contribution is -2.40. The molecule has 3 N–H and O–H groups in total. The summed E-state index contributed by atoms with van der Waals surface area (Å²) in [5, 5.41) is 3.58. The van der Waals surface area contributed by atoms with Crippen LogP contribution >= 0.6 is 0 Å². The maximum absolute atomic E-state index is 12.0. The van der Waals surface area contributed by atoms with E-state index >= 15 is 0 Å². The van der Waals surface area contributed by atoms with Crippen molar-refractivity contribution >= 4 is 6.09 Å². The van der Waals surface area contributed by atoms with Crippen LogP contribution in [0.2, 0.25) is 0 Å². The summed E-state index contributed by atoms with van der Waals surface area (Å²) in [6.07, 6.45) is 6.24. The van der Waals surface area contributed by atoms with Crippen molar-refractivity contribution < 1.29 is 9.53 Å². The van der Waals surface area contributed by atoms with Gasteiger partial charge < -0.3 is 20.7 Å². The fourth-order valence-electron chi connectivity index (χ4n) is 2.84. The molecule has 0 spiro atoms. The van der Waals surface area contributed by atoms with Crippen molar-refractivity contribution in [3.8, 4) is 0 Å². The summed E-state index contributed by atoms with van der Waals surface area (Å²) in [6.45, 7) is 7.99. The molecule has 120 valence electrons. The van der Waals surface area contributed by atoms with E-state index in [4.69, 9.17) is 10.5 Å². The Labute approximate surface area is 127 Å². The van der Waals surface area contributed by atoms with Gasteiger partial charge in [0.05, 0.1) is 0 Å². The first kappa shape index (κ1) is 16.3. The summed E-state index contributed by atoms with van der Waals surface area (Å²) < 4.78 is 5.39. The van der Waals surface area contributed by atoms with Crippen LogP contribution in [0.5, 0.6) is 0 Å². The van der Waals surface area contributed by atoms with E-state index in [9.17, 15) is 4.79 Å². The Hall–Kier alpha value is -1.07. The van der Waals surface area contributed by atoms with Gasteiger partial charge in [-0.25, -0.2) is 4.79 Å². The molecule has 5 nitrogen and oxygen atoms in total. The molecule has 2 rings (SSSR count). The summed E-state index contributed by atoms with van der Waals surface area (Å²) in [4.78, 5) is 13.7. The fraction of sp³-hybridized carbons (Fsp3) is 0.812. The highest BCUT2D eigenvalue weighted by molar-refractivity contribution is 5.68. The van der Waals surface area contributed by atoms with E-state index in [2.05, 4.69) is 11.4 Å². The fourth-order valence-corrected chi connectivity index (χ4v) is 2.84. The second-order valence-electron chi connectivity index (χ2n) is 7.19. The summed E-state index contributed by atoms with van der Waals surface area (Å²) >= 11 is 0. The van der Waals surface area contributed by atoms with E-state index in [1.165, 1.54) is 12.0 Å². The highest BCUT2D eigenvalue weighted by atomic mass is 16.6. The Bertz CT molecular complexity index is 401. The average Bonchev–Trinajstić information content (AvgIpc) is 2.81. The maximum Gasteiger partial charge on any atom is 0.410 e. The minimum Gasteiger partial charge on any atom is -0.444 e. The third kappa shape index (κ3) is 5.32. The SMILES string of the molecule is CC(C)(C)OC(=O)N1CC=C(CNC2CCC(N)C2)CC1. The summed E-state index contributed by atoms with van der Waals surface area (Å²) in [5.41, 5.74) is 6.88. The zero-order chi connectivity index (χ0) is 15.5. The number of carbonyl (C=O) groups is 1. The van der Waals surface area contributed by atoms with Gasteiger partial charge in [-0.3, -0.25) is 0 Å². The summed E-state index contributed by atoms with van der Waals surface area (Å²) in [7, 11) is 0. The topological polar surface area (TPSA) is 67.6 Å². The number of nitrogens with two attached hydrogens (primary N) is 1. The molecule has 0 bridgehead atoms. The number of carbonyl (C=O) groups excluding carboxylic acids is 1. The Kier molecular flexibility index (Phi) is 5.27. The molecule has 1 saturated carbocycles. The molecule has 1 fully saturated rings. The highest BCUT2D eigenvalue weighted by Gasteiger charge is 2.24. The van der Waals surface area contributed by atoms with Gasteiger partial charge in [-0.2, -0.15) is 0 Å². The minimum atomic E-state index is -0.427. The number of hydrogen-bond acceptors (Lipinski definition) is 4. The molecule has 2 aliphatic rings. The van der Waals surface area contributed by atoms with Crippen LogP contribution < -0.4 is 11.1 Å². The van der Waals surface area contributed by atoms with Crippen LogP contribution in [0.4, 0.5) is 4.79 Å². The zero-order valence-corrected chi connectivity index (χ0v) is 13.5. The molecule has 1 heterocycles. The second-order valence-corrected chi connectivity index (χ2v) is 7.19. The van der Waals surface area contributed by atoms with Crippen LogP contribution in [0.1, 0.15) is 46.5 Å². The molecular formula is C16H29N3O2. The first-order chi connectivity index (χ1) is 9.83. The van der Waals surface area contributed by atoms with Crippen molar-refractivity contribution in [2.45, 2.75) is 64.1 Å². The summed E-state index contributed by atoms with van der Waals surface area (Å²) in [6, 6.07) is 0.926. The van der Waals surface area contributed by atoms with E-state index in [-0.39, 0.29) is 6.09 Å². The zero-order valence-electron chi connectivity index (χ0n) is 13.5. The number of nitrogens with zero attached hydrogens (tertiary/aromatic N) is 1. The molecular weight excluding hydrogens is 266 g/mol. The number of ether oxygens (including phenoxy) is 1. The van der Waals surface area contributed by atoms with Gasteiger partial charge in [0, 0.05) is 31.7 Å². The smallest absolute Gasteiger partial charge is 0.410 e. The Balaban J connectivity index is 1.73. The molecule has 0 aromatic carbocycles. The minimum absolute atomic E-state index is 0.215. The van der Waals surface area contributed by atoms with Gasteiger partial charge in [0.15, 0.2) is 0 Å². The molecule has 0 saturated heterocycles. The highest BCUT2D eigenvalue weighted by Crippen LogP contribution is 2.19. The van der Waals surface area contributed by atoms with E-state index in [1.54, 1.807) is 4.90 Å². The van der Waals surface area contributed by atoms with Crippen LogP contribution in [0, 0.1) is 0 Å². The van der Waals surface area contributed by atoms with Gasteiger partial charge >= 0.3 is 6.09 Å². The number of hydrogen-bond donors (Lipinski definition) is 2. The maximum atomic E-state index is 12.0. The van der Waals surface area contributed by atoms with Gasteiger partial charge in [0.25, 0.3) is 0 Å². The largest absolute Gasteiger partial charge is 0.444 e. The number of rotatable bonds is 3. The first-order valence-electron chi connectivity index (χ1n) is 7.98. The molecule has 2 unspecified atom stereocenters. The van der Waals surface area contributed by atoms with Crippen LogP contribution in [0.3, 0.4) is 0 Å². The first-order valence-corrected chi connectivity index (χ1v) is 7.98. The van der Waals surface area contributed by atoms with Gasteiger partial charge in [0.2, 0.25) is 0 Å². The average molecular weight is 295 g/mol. The van der Waals surface area contributed by atoms with Crippen LogP contribution in [0.15, 0.2) is 11.6 Å². The molecule has 2 atom stereocenters.